The van der Waals surface area contributed by atoms with E-state index in [4.69, 9.17) is 32.7 Å². The molecule has 0 radical (unpaired) electrons. The normalized spacial score (nSPS) is 27.7. The number of rotatable bonds is 8. The number of likely N-dealkylation sites (tertiary alicyclic amines) is 1. The molecular weight excluding hydrogens is 559 g/mol. The Morgan fingerprint density at radius 3 is 2.73 bits per heavy atom. The molecular formula is C33H38Cl2N2O4. The fourth-order valence-corrected chi connectivity index (χ4v) is 8.61. The van der Waals surface area contributed by atoms with Gasteiger partial charge in [0.1, 0.15) is 17.6 Å². The number of piperidine rings is 1. The van der Waals surface area contributed by atoms with Crippen molar-refractivity contribution in [3.05, 3.63) is 75.5 Å². The lowest BCUT2D eigenvalue weighted by atomic mass is 9.51. The zero-order chi connectivity index (χ0) is 29.1. The summed E-state index contributed by atoms with van der Waals surface area (Å²) in [6.07, 6.45) is 3.94. The second-order valence-electron chi connectivity index (χ2n) is 12.6. The van der Waals surface area contributed by atoms with Crippen LogP contribution in [0.2, 0.25) is 10.0 Å². The van der Waals surface area contributed by atoms with Crippen molar-refractivity contribution < 1.29 is 19.1 Å². The van der Waals surface area contributed by atoms with E-state index < -0.39 is 0 Å². The summed E-state index contributed by atoms with van der Waals surface area (Å²) >= 11 is 12.4. The van der Waals surface area contributed by atoms with Gasteiger partial charge in [0.05, 0.1) is 29.1 Å². The van der Waals surface area contributed by atoms with E-state index in [2.05, 4.69) is 48.4 Å². The Hall–Kier alpha value is -2.54. The van der Waals surface area contributed by atoms with E-state index in [1.54, 1.807) is 12.1 Å². The van der Waals surface area contributed by atoms with E-state index in [1.165, 1.54) is 18.1 Å². The summed E-state index contributed by atoms with van der Waals surface area (Å²) in [5, 5.41) is 0.951. The highest BCUT2D eigenvalue weighted by atomic mass is 35.5. The number of benzene rings is 2. The summed E-state index contributed by atoms with van der Waals surface area (Å²) in [7, 11) is 0. The molecule has 2 aromatic carbocycles. The fraction of sp³-hybridized carbons (Fsp3) is 0.515. The van der Waals surface area contributed by atoms with Gasteiger partial charge in [0, 0.05) is 30.5 Å². The number of carbonyl (C=O) groups is 2. The molecule has 2 fully saturated rings. The summed E-state index contributed by atoms with van der Waals surface area (Å²) in [5.41, 5.74) is 3.43. The third-order valence-electron chi connectivity index (χ3n) is 9.59. The lowest BCUT2D eigenvalue weighted by Crippen LogP contribution is -2.69. The van der Waals surface area contributed by atoms with Crippen LogP contribution in [0.15, 0.2) is 48.7 Å². The van der Waals surface area contributed by atoms with Crippen LogP contribution in [0, 0.1) is 11.8 Å². The maximum Gasteiger partial charge on any atom is 0.307 e. The van der Waals surface area contributed by atoms with Crippen molar-refractivity contribution in [2.45, 2.75) is 76.5 Å². The predicted molar refractivity (Wildman–Crippen MR) is 160 cm³/mol. The molecule has 1 spiro atoms. The van der Waals surface area contributed by atoms with E-state index in [-0.39, 0.29) is 35.9 Å². The minimum atomic E-state index is -0.331. The smallest absolute Gasteiger partial charge is 0.307 e. The Morgan fingerprint density at radius 1 is 1.20 bits per heavy atom. The zero-order valence-electron chi connectivity index (χ0n) is 24.0. The summed E-state index contributed by atoms with van der Waals surface area (Å²) in [4.78, 5) is 30.2. The van der Waals surface area contributed by atoms with Gasteiger partial charge in [-0.2, -0.15) is 0 Å². The van der Waals surface area contributed by atoms with Crippen LogP contribution < -0.4 is 4.74 Å². The van der Waals surface area contributed by atoms with Gasteiger partial charge in [0.2, 0.25) is 5.91 Å². The molecule has 1 saturated heterocycles. The molecule has 0 unspecified atom stereocenters. The van der Waals surface area contributed by atoms with Crippen molar-refractivity contribution in [3.8, 4) is 5.75 Å². The molecule has 218 valence electrons. The van der Waals surface area contributed by atoms with Crippen molar-refractivity contribution in [2.75, 3.05) is 19.6 Å². The van der Waals surface area contributed by atoms with E-state index in [0.29, 0.717) is 46.8 Å². The largest absolute Gasteiger partial charge is 0.487 e. The van der Waals surface area contributed by atoms with E-state index >= 15 is 0 Å². The van der Waals surface area contributed by atoms with E-state index in [1.807, 2.05) is 6.07 Å². The summed E-state index contributed by atoms with van der Waals surface area (Å²) in [6, 6.07) is 12.2. The minimum Gasteiger partial charge on any atom is -0.487 e. The fourth-order valence-electron chi connectivity index (χ4n) is 8.29. The third-order valence-corrected chi connectivity index (χ3v) is 10.3. The van der Waals surface area contributed by atoms with Gasteiger partial charge in [-0.1, -0.05) is 61.8 Å². The van der Waals surface area contributed by atoms with Gasteiger partial charge in [-0.05, 0) is 73.4 Å². The number of esters is 1. The number of hydrogen-bond acceptors (Lipinski definition) is 5. The Morgan fingerprint density at radius 2 is 2.00 bits per heavy atom. The molecule has 2 bridgehead atoms. The molecule has 41 heavy (non-hydrogen) atoms. The maximum atomic E-state index is 14.0. The number of amides is 1. The molecule has 6 rings (SSSR count). The van der Waals surface area contributed by atoms with Crippen LogP contribution >= 0.6 is 23.2 Å². The highest BCUT2D eigenvalue weighted by Gasteiger charge is 2.66. The molecule has 0 N–H and O–H groups in total. The molecule has 8 heteroatoms. The number of nitrogens with zero attached hydrogens (tertiary/aromatic N) is 2. The van der Waals surface area contributed by atoms with Gasteiger partial charge in [-0.3, -0.25) is 14.5 Å². The lowest BCUT2D eigenvalue weighted by molar-refractivity contribution is -0.144. The zero-order valence-corrected chi connectivity index (χ0v) is 25.5. The van der Waals surface area contributed by atoms with Crippen molar-refractivity contribution >= 4 is 35.1 Å². The average molecular weight is 598 g/mol. The topological polar surface area (TPSA) is 59.1 Å². The maximum absolute atomic E-state index is 14.0. The molecule has 0 aromatic heterocycles. The quantitative estimate of drug-likeness (QED) is 0.268. The Kier molecular flexibility index (Phi) is 7.63. The van der Waals surface area contributed by atoms with Crippen molar-refractivity contribution in [1.29, 1.82) is 0 Å². The molecule has 6 nitrogen and oxygen atoms in total. The van der Waals surface area contributed by atoms with Gasteiger partial charge in [0.25, 0.3) is 0 Å². The van der Waals surface area contributed by atoms with Crippen LogP contribution in [0.5, 0.6) is 5.75 Å². The second kappa shape index (κ2) is 10.9. The molecule has 2 aromatic rings. The van der Waals surface area contributed by atoms with Crippen LogP contribution in [-0.4, -0.2) is 59.5 Å². The molecule has 5 atom stereocenters. The SMILES string of the molecule is C=C(CN1CC[C@]23c4c5cccc4O[C@H]2[C@@H](N(CC(C)C)C(=O)Cc2ccc(Cl)c(Cl)c2)CC[C@H]3[C@H]1C5)OC(C)=O. The Labute approximate surface area is 252 Å². The van der Waals surface area contributed by atoms with Crippen LogP contribution in [0.1, 0.15) is 56.7 Å². The Balaban J connectivity index is 1.33. The first-order chi connectivity index (χ1) is 19.6. The molecule has 2 aliphatic heterocycles. The first-order valence-electron chi connectivity index (χ1n) is 14.7. The van der Waals surface area contributed by atoms with Crippen molar-refractivity contribution in [3.63, 3.8) is 0 Å². The van der Waals surface area contributed by atoms with Gasteiger partial charge < -0.3 is 14.4 Å². The first kappa shape index (κ1) is 28.6. The van der Waals surface area contributed by atoms with Gasteiger partial charge in [-0.15, -0.1) is 0 Å². The van der Waals surface area contributed by atoms with Crippen LogP contribution in [0.4, 0.5) is 0 Å². The molecule has 1 amide bonds. The molecule has 1 saturated carbocycles. The highest BCUT2D eigenvalue weighted by Crippen LogP contribution is 2.62. The summed E-state index contributed by atoms with van der Waals surface area (Å²) < 4.78 is 12.3. The number of carbonyl (C=O) groups excluding carboxylic acids is 2. The van der Waals surface area contributed by atoms with Gasteiger partial charge in [0.15, 0.2) is 0 Å². The monoisotopic (exact) mass is 596 g/mol. The van der Waals surface area contributed by atoms with Crippen molar-refractivity contribution in [1.82, 2.24) is 9.80 Å². The summed E-state index contributed by atoms with van der Waals surface area (Å²) in [5.74, 6) is 1.96. The lowest BCUT2D eigenvalue weighted by Gasteiger charge is -2.60. The first-order valence-corrected chi connectivity index (χ1v) is 15.5. The third kappa shape index (κ3) is 4.96. The molecule has 2 aliphatic carbocycles. The standard InChI is InChI=1S/C33H38Cl2N2O4/c1-19(2)17-37(30(39)15-22-8-10-25(34)26(35)14-22)27-11-9-24-28-16-23-6-5-7-29-31(23)33(24,32(27)41-29)12-13-36(28)18-20(3)40-21(4)38/h5-8,10,14,19,24,27-28,32H,3,9,11-13,15-18H2,1-2,4H3/t24-,27-,28+,32-,33-/m0/s1. The number of halogens is 2. The number of ether oxygens (including phenoxy) is 2. The van der Waals surface area contributed by atoms with E-state index in [9.17, 15) is 9.59 Å². The second-order valence-corrected chi connectivity index (χ2v) is 13.4. The minimum absolute atomic E-state index is 0.0227. The molecule has 4 aliphatic rings. The molecule has 2 heterocycles. The van der Waals surface area contributed by atoms with Crippen LogP contribution in [0.3, 0.4) is 0 Å². The average Bonchev–Trinajstić information content (AvgIpc) is 3.25. The van der Waals surface area contributed by atoms with E-state index in [0.717, 1.165) is 43.5 Å². The van der Waals surface area contributed by atoms with Crippen molar-refractivity contribution in [2.24, 2.45) is 11.8 Å². The van der Waals surface area contributed by atoms with Gasteiger partial charge >= 0.3 is 5.97 Å². The predicted octanol–water partition coefficient (Wildman–Crippen LogP) is 6.21. The number of hydrogen-bond donors (Lipinski definition) is 0. The Bertz CT molecular complexity index is 1390. The van der Waals surface area contributed by atoms with Crippen LogP contribution in [0.25, 0.3) is 0 Å². The highest BCUT2D eigenvalue weighted by molar-refractivity contribution is 6.42. The van der Waals surface area contributed by atoms with Crippen LogP contribution in [-0.2, 0) is 32.6 Å². The van der Waals surface area contributed by atoms with Gasteiger partial charge in [-0.25, -0.2) is 0 Å². The summed E-state index contributed by atoms with van der Waals surface area (Å²) in [6.45, 7) is 11.9.